The van der Waals surface area contributed by atoms with Crippen molar-refractivity contribution in [2.24, 2.45) is 14.1 Å². The third kappa shape index (κ3) is 4.55. The largest absolute Gasteiger partial charge is 0.367 e. The SMILES string of the molecule is C[C@@H](CCc1cccn1C)NC(=O)N[C@@H]1CCN(c2cnn(C)c2)C1. The third-order valence-electron chi connectivity index (χ3n) is 4.84. The monoisotopic (exact) mass is 344 g/mol. The van der Waals surface area contributed by atoms with E-state index in [0.717, 1.165) is 38.0 Å². The van der Waals surface area contributed by atoms with Gasteiger partial charge in [0.25, 0.3) is 0 Å². The zero-order chi connectivity index (χ0) is 17.8. The summed E-state index contributed by atoms with van der Waals surface area (Å²) in [6.07, 6.45) is 8.78. The Morgan fingerprint density at radius 1 is 1.44 bits per heavy atom. The number of amides is 2. The first-order valence-electron chi connectivity index (χ1n) is 8.92. The van der Waals surface area contributed by atoms with Crippen molar-refractivity contribution in [2.45, 2.75) is 38.3 Å². The highest BCUT2D eigenvalue weighted by atomic mass is 16.2. The van der Waals surface area contributed by atoms with Crippen LogP contribution in [0.5, 0.6) is 0 Å². The van der Waals surface area contributed by atoms with Gasteiger partial charge in [0.15, 0.2) is 0 Å². The van der Waals surface area contributed by atoms with Gasteiger partial charge in [-0.1, -0.05) is 0 Å². The average Bonchev–Trinajstić information content (AvgIpc) is 3.27. The molecule has 2 atom stereocenters. The summed E-state index contributed by atoms with van der Waals surface area (Å²) in [5.41, 5.74) is 2.40. The average molecular weight is 344 g/mol. The van der Waals surface area contributed by atoms with Crippen molar-refractivity contribution in [1.82, 2.24) is 25.0 Å². The van der Waals surface area contributed by atoms with Crippen molar-refractivity contribution in [1.29, 1.82) is 0 Å². The van der Waals surface area contributed by atoms with Crippen molar-refractivity contribution in [3.05, 3.63) is 36.4 Å². The van der Waals surface area contributed by atoms with Crippen LogP contribution in [-0.4, -0.2) is 45.6 Å². The molecule has 0 radical (unpaired) electrons. The quantitative estimate of drug-likeness (QED) is 0.837. The molecule has 7 nitrogen and oxygen atoms in total. The molecule has 0 saturated carbocycles. The van der Waals surface area contributed by atoms with Crippen LogP contribution in [0.15, 0.2) is 30.7 Å². The maximum atomic E-state index is 12.2. The Morgan fingerprint density at radius 3 is 2.96 bits per heavy atom. The lowest BCUT2D eigenvalue weighted by Gasteiger charge is -2.19. The maximum Gasteiger partial charge on any atom is 0.315 e. The molecule has 1 fully saturated rings. The van der Waals surface area contributed by atoms with Crippen molar-refractivity contribution >= 4 is 11.7 Å². The molecule has 3 heterocycles. The topological polar surface area (TPSA) is 67.1 Å². The minimum absolute atomic E-state index is 0.0718. The van der Waals surface area contributed by atoms with Crippen molar-refractivity contribution < 1.29 is 4.79 Å². The van der Waals surface area contributed by atoms with Crippen LogP contribution in [0.3, 0.4) is 0 Å². The first-order chi connectivity index (χ1) is 12.0. The minimum atomic E-state index is -0.0718. The van der Waals surface area contributed by atoms with Gasteiger partial charge in [-0.2, -0.15) is 5.10 Å². The first-order valence-corrected chi connectivity index (χ1v) is 8.92. The fourth-order valence-corrected chi connectivity index (χ4v) is 3.33. The van der Waals surface area contributed by atoms with Gasteiger partial charge in [-0.3, -0.25) is 4.68 Å². The second kappa shape index (κ2) is 7.63. The van der Waals surface area contributed by atoms with Crippen molar-refractivity contribution in [3.63, 3.8) is 0 Å². The van der Waals surface area contributed by atoms with E-state index >= 15 is 0 Å². The van der Waals surface area contributed by atoms with Crippen molar-refractivity contribution in [3.8, 4) is 0 Å². The van der Waals surface area contributed by atoms with Crippen LogP contribution >= 0.6 is 0 Å². The maximum absolute atomic E-state index is 12.2. The zero-order valence-electron chi connectivity index (χ0n) is 15.3. The third-order valence-corrected chi connectivity index (χ3v) is 4.84. The van der Waals surface area contributed by atoms with E-state index in [2.05, 4.69) is 38.2 Å². The molecular weight excluding hydrogens is 316 g/mol. The molecule has 136 valence electrons. The molecule has 7 heteroatoms. The lowest BCUT2D eigenvalue weighted by atomic mass is 10.1. The molecule has 2 N–H and O–H groups in total. The number of anilines is 1. The lowest BCUT2D eigenvalue weighted by Crippen LogP contribution is -2.46. The lowest BCUT2D eigenvalue weighted by molar-refractivity contribution is 0.234. The predicted octanol–water partition coefficient (Wildman–Crippen LogP) is 1.66. The van der Waals surface area contributed by atoms with Crippen molar-refractivity contribution in [2.75, 3.05) is 18.0 Å². The number of aryl methyl sites for hydroxylation is 3. The minimum Gasteiger partial charge on any atom is -0.367 e. The predicted molar refractivity (Wildman–Crippen MR) is 98.7 cm³/mol. The number of carbonyl (C=O) groups is 1. The number of nitrogens with one attached hydrogen (secondary N) is 2. The van der Waals surface area contributed by atoms with Gasteiger partial charge in [-0.15, -0.1) is 0 Å². The molecule has 0 aromatic carbocycles. The van der Waals surface area contributed by atoms with Crippen LogP contribution in [-0.2, 0) is 20.5 Å². The summed E-state index contributed by atoms with van der Waals surface area (Å²) in [6.45, 7) is 3.83. The van der Waals surface area contributed by atoms with Crippen LogP contribution in [0.4, 0.5) is 10.5 Å². The molecular formula is C18H28N6O. The highest BCUT2D eigenvalue weighted by molar-refractivity contribution is 5.74. The van der Waals surface area contributed by atoms with Crippen LogP contribution < -0.4 is 15.5 Å². The first kappa shape index (κ1) is 17.4. The number of hydrogen-bond acceptors (Lipinski definition) is 3. The summed E-state index contributed by atoms with van der Waals surface area (Å²) in [5, 5.41) is 10.4. The number of nitrogens with zero attached hydrogens (tertiary/aromatic N) is 4. The highest BCUT2D eigenvalue weighted by Gasteiger charge is 2.25. The number of hydrogen-bond donors (Lipinski definition) is 2. The van der Waals surface area contributed by atoms with E-state index in [0.29, 0.717) is 0 Å². The molecule has 0 aliphatic carbocycles. The Labute approximate surface area is 149 Å². The second-order valence-corrected chi connectivity index (χ2v) is 6.97. The van der Waals surface area contributed by atoms with Crippen LogP contribution in [0.2, 0.25) is 0 Å². The Morgan fingerprint density at radius 2 is 2.28 bits per heavy atom. The fourth-order valence-electron chi connectivity index (χ4n) is 3.33. The molecule has 2 aromatic rings. The van der Waals surface area contributed by atoms with Crippen LogP contribution in [0.1, 0.15) is 25.5 Å². The smallest absolute Gasteiger partial charge is 0.315 e. The van der Waals surface area contributed by atoms with Gasteiger partial charge in [-0.25, -0.2) is 4.79 Å². The Kier molecular flexibility index (Phi) is 5.31. The van der Waals surface area contributed by atoms with Gasteiger partial charge in [0.2, 0.25) is 0 Å². The fraction of sp³-hybridized carbons (Fsp3) is 0.556. The molecule has 1 aliphatic heterocycles. The van der Waals surface area contributed by atoms with Gasteiger partial charge >= 0.3 is 6.03 Å². The molecule has 1 aliphatic rings. The standard InChI is InChI=1S/C18H28N6O/c1-14(6-7-16-5-4-9-22(16)2)20-18(25)21-15-8-10-24(12-15)17-11-19-23(3)13-17/h4-5,9,11,13-15H,6-8,10,12H2,1-3H3,(H2,20,21,25)/t14-,15+/m0/s1. The van der Waals surface area contributed by atoms with E-state index in [1.54, 1.807) is 4.68 Å². The van der Waals surface area contributed by atoms with Gasteiger partial charge < -0.3 is 20.1 Å². The molecule has 3 rings (SSSR count). The molecule has 1 saturated heterocycles. The van der Waals surface area contributed by atoms with Gasteiger partial charge in [0, 0.05) is 57.4 Å². The van der Waals surface area contributed by atoms with E-state index in [4.69, 9.17) is 0 Å². The molecule has 2 amide bonds. The van der Waals surface area contributed by atoms with Crippen LogP contribution in [0.25, 0.3) is 0 Å². The van der Waals surface area contributed by atoms with Gasteiger partial charge in [0.05, 0.1) is 11.9 Å². The Hall–Kier alpha value is -2.44. The zero-order valence-corrected chi connectivity index (χ0v) is 15.3. The molecule has 0 bridgehead atoms. The van der Waals surface area contributed by atoms with E-state index < -0.39 is 0 Å². The number of aromatic nitrogens is 3. The Balaban J connectivity index is 1.39. The summed E-state index contributed by atoms with van der Waals surface area (Å²) in [6, 6.07) is 4.43. The molecule has 2 aromatic heterocycles. The Bertz CT molecular complexity index is 706. The summed E-state index contributed by atoms with van der Waals surface area (Å²) < 4.78 is 3.93. The van der Waals surface area contributed by atoms with Gasteiger partial charge in [0.1, 0.15) is 0 Å². The van der Waals surface area contributed by atoms with E-state index in [1.807, 2.05) is 38.8 Å². The molecule has 25 heavy (non-hydrogen) atoms. The summed E-state index contributed by atoms with van der Waals surface area (Å²) >= 11 is 0. The van der Waals surface area contributed by atoms with Gasteiger partial charge in [-0.05, 0) is 38.3 Å². The number of urea groups is 1. The summed E-state index contributed by atoms with van der Waals surface area (Å²) in [4.78, 5) is 14.5. The number of rotatable bonds is 6. The molecule has 0 unspecified atom stereocenters. The summed E-state index contributed by atoms with van der Waals surface area (Å²) in [5.74, 6) is 0. The summed E-state index contributed by atoms with van der Waals surface area (Å²) in [7, 11) is 3.97. The number of carbonyl (C=O) groups excluding carboxylic acids is 1. The van der Waals surface area contributed by atoms with E-state index in [-0.39, 0.29) is 18.1 Å². The highest BCUT2D eigenvalue weighted by Crippen LogP contribution is 2.19. The molecule has 0 spiro atoms. The second-order valence-electron chi connectivity index (χ2n) is 6.97. The van der Waals surface area contributed by atoms with Crippen LogP contribution in [0, 0.1) is 0 Å². The van der Waals surface area contributed by atoms with E-state index in [1.165, 1.54) is 5.69 Å². The van der Waals surface area contributed by atoms with E-state index in [9.17, 15) is 4.79 Å². The normalized spacial score (nSPS) is 18.4.